The van der Waals surface area contributed by atoms with E-state index in [2.05, 4.69) is 5.32 Å². The van der Waals surface area contributed by atoms with E-state index in [1.807, 2.05) is 26.0 Å². The first-order valence-corrected chi connectivity index (χ1v) is 9.17. The molecule has 1 saturated carbocycles. The standard InChI is InChI=1S/C15H23NO4S/c1-11-7-8-14(20-11)12(2)16-15(17)9-10-21(18,19)13-5-3-4-6-13/h7-8,12-13H,3-6,9-10H2,1-2H3,(H,16,17)/t12-/m0/s1. The molecule has 1 fully saturated rings. The number of amides is 1. The molecule has 0 bridgehead atoms. The molecular weight excluding hydrogens is 290 g/mol. The van der Waals surface area contributed by atoms with Gasteiger partial charge in [0.25, 0.3) is 0 Å². The van der Waals surface area contributed by atoms with Crippen molar-refractivity contribution in [3.05, 3.63) is 23.7 Å². The van der Waals surface area contributed by atoms with E-state index in [4.69, 9.17) is 4.42 Å². The molecule has 5 nitrogen and oxygen atoms in total. The predicted molar refractivity (Wildman–Crippen MR) is 80.7 cm³/mol. The van der Waals surface area contributed by atoms with Gasteiger partial charge in [0.2, 0.25) is 5.91 Å². The van der Waals surface area contributed by atoms with Gasteiger partial charge in [-0.05, 0) is 38.8 Å². The van der Waals surface area contributed by atoms with Crippen LogP contribution in [0.1, 0.15) is 56.6 Å². The molecule has 21 heavy (non-hydrogen) atoms. The quantitative estimate of drug-likeness (QED) is 0.875. The summed E-state index contributed by atoms with van der Waals surface area (Å²) in [5, 5.41) is 2.54. The number of nitrogens with one attached hydrogen (secondary N) is 1. The van der Waals surface area contributed by atoms with Crippen molar-refractivity contribution in [2.24, 2.45) is 0 Å². The van der Waals surface area contributed by atoms with Gasteiger partial charge >= 0.3 is 0 Å². The van der Waals surface area contributed by atoms with Gasteiger partial charge in [0.05, 0.1) is 17.0 Å². The Bertz CT molecular complexity index is 585. The number of rotatable bonds is 6. The average molecular weight is 313 g/mol. The molecule has 0 radical (unpaired) electrons. The number of carbonyl (C=O) groups excluding carboxylic acids is 1. The van der Waals surface area contributed by atoms with Crippen LogP contribution >= 0.6 is 0 Å². The number of carbonyl (C=O) groups is 1. The summed E-state index contributed by atoms with van der Waals surface area (Å²) >= 11 is 0. The first kappa shape index (κ1) is 16.1. The number of furan rings is 1. The zero-order valence-corrected chi connectivity index (χ0v) is 13.4. The second-order valence-corrected chi connectivity index (χ2v) is 8.16. The Morgan fingerprint density at radius 2 is 2.05 bits per heavy atom. The van der Waals surface area contributed by atoms with Gasteiger partial charge in [-0.1, -0.05) is 12.8 Å². The Balaban J connectivity index is 1.82. The van der Waals surface area contributed by atoms with E-state index < -0.39 is 9.84 Å². The molecule has 0 spiro atoms. The minimum Gasteiger partial charge on any atom is -0.464 e. The van der Waals surface area contributed by atoms with Gasteiger partial charge in [0.15, 0.2) is 9.84 Å². The van der Waals surface area contributed by atoms with Crippen molar-refractivity contribution < 1.29 is 17.6 Å². The number of sulfone groups is 1. The highest BCUT2D eigenvalue weighted by Crippen LogP contribution is 2.25. The molecular formula is C15H23NO4S. The second kappa shape index (κ2) is 6.64. The molecule has 0 aromatic carbocycles. The van der Waals surface area contributed by atoms with Crippen molar-refractivity contribution in [3.63, 3.8) is 0 Å². The van der Waals surface area contributed by atoms with E-state index in [9.17, 15) is 13.2 Å². The average Bonchev–Trinajstić information content (AvgIpc) is 3.07. The fraction of sp³-hybridized carbons (Fsp3) is 0.667. The third-order valence-corrected chi connectivity index (χ3v) is 6.25. The molecule has 1 heterocycles. The molecule has 1 N–H and O–H groups in total. The van der Waals surface area contributed by atoms with Crippen molar-refractivity contribution in [3.8, 4) is 0 Å². The maximum Gasteiger partial charge on any atom is 0.221 e. The number of hydrogen-bond acceptors (Lipinski definition) is 4. The van der Waals surface area contributed by atoms with Crippen LogP contribution in [0.2, 0.25) is 0 Å². The maximum atomic E-state index is 12.1. The minimum absolute atomic E-state index is 0.0167. The molecule has 0 aliphatic heterocycles. The topological polar surface area (TPSA) is 76.4 Å². The fourth-order valence-electron chi connectivity index (χ4n) is 2.72. The highest BCUT2D eigenvalue weighted by molar-refractivity contribution is 7.92. The first-order chi connectivity index (χ1) is 9.88. The van der Waals surface area contributed by atoms with Gasteiger partial charge < -0.3 is 9.73 Å². The summed E-state index contributed by atoms with van der Waals surface area (Å²) in [6, 6.07) is 3.40. The van der Waals surface area contributed by atoms with E-state index in [-0.39, 0.29) is 29.4 Å². The van der Waals surface area contributed by atoms with Crippen LogP contribution in [0.3, 0.4) is 0 Å². The van der Waals surface area contributed by atoms with Crippen LogP contribution in [-0.2, 0) is 14.6 Å². The fourth-order valence-corrected chi connectivity index (χ4v) is 4.57. The van der Waals surface area contributed by atoms with E-state index in [1.165, 1.54) is 0 Å². The zero-order valence-electron chi connectivity index (χ0n) is 12.6. The van der Waals surface area contributed by atoms with Crippen molar-refractivity contribution in [1.29, 1.82) is 0 Å². The van der Waals surface area contributed by atoms with E-state index in [0.29, 0.717) is 5.76 Å². The van der Waals surface area contributed by atoms with E-state index >= 15 is 0 Å². The normalized spacial score (nSPS) is 17.8. The molecule has 1 aliphatic carbocycles. The van der Waals surface area contributed by atoms with Crippen LogP contribution in [0.5, 0.6) is 0 Å². The summed E-state index contributed by atoms with van der Waals surface area (Å²) in [6.07, 6.45) is 3.46. The van der Waals surface area contributed by atoms with Crippen LogP contribution in [-0.4, -0.2) is 25.3 Å². The number of aryl methyl sites for hydroxylation is 1. The van der Waals surface area contributed by atoms with Gasteiger partial charge in [-0.3, -0.25) is 4.79 Å². The van der Waals surface area contributed by atoms with Crippen molar-refractivity contribution >= 4 is 15.7 Å². The second-order valence-electron chi connectivity index (χ2n) is 5.76. The lowest BCUT2D eigenvalue weighted by molar-refractivity contribution is -0.121. The lowest BCUT2D eigenvalue weighted by Crippen LogP contribution is -2.30. The summed E-state index contributed by atoms with van der Waals surface area (Å²) in [5.74, 6) is 1.15. The maximum absolute atomic E-state index is 12.1. The van der Waals surface area contributed by atoms with Crippen LogP contribution < -0.4 is 5.32 Å². The molecule has 6 heteroatoms. The predicted octanol–water partition coefficient (Wildman–Crippen LogP) is 2.51. The smallest absolute Gasteiger partial charge is 0.221 e. The van der Waals surface area contributed by atoms with Crippen LogP contribution in [0, 0.1) is 6.92 Å². The van der Waals surface area contributed by atoms with Gasteiger partial charge in [0, 0.05) is 6.42 Å². The lowest BCUT2D eigenvalue weighted by atomic mass is 10.2. The van der Waals surface area contributed by atoms with Crippen molar-refractivity contribution in [2.45, 2.75) is 57.2 Å². The molecule has 1 atom stereocenters. The first-order valence-electron chi connectivity index (χ1n) is 7.46. The number of hydrogen-bond donors (Lipinski definition) is 1. The van der Waals surface area contributed by atoms with Gasteiger partial charge in [-0.2, -0.15) is 0 Å². The van der Waals surface area contributed by atoms with Crippen LogP contribution in [0.15, 0.2) is 16.5 Å². The highest BCUT2D eigenvalue weighted by atomic mass is 32.2. The van der Waals surface area contributed by atoms with Gasteiger partial charge in [-0.15, -0.1) is 0 Å². The minimum atomic E-state index is -3.14. The van der Waals surface area contributed by atoms with Crippen molar-refractivity contribution in [1.82, 2.24) is 5.32 Å². The zero-order chi connectivity index (χ0) is 15.5. The Hall–Kier alpha value is -1.30. The Labute approximate surface area is 126 Å². The summed E-state index contributed by atoms with van der Waals surface area (Å²) in [6.45, 7) is 3.66. The Morgan fingerprint density at radius 3 is 2.62 bits per heavy atom. The molecule has 1 aliphatic rings. The molecule has 0 unspecified atom stereocenters. The van der Waals surface area contributed by atoms with Gasteiger partial charge in [0.1, 0.15) is 11.5 Å². The van der Waals surface area contributed by atoms with Gasteiger partial charge in [-0.25, -0.2) is 8.42 Å². The molecule has 0 saturated heterocycles. The molecule has 118 valence electrons. The third-order valence-electron chi connectivity index (χ3n) is 3.99. The monoisotopic (exact) mass is 313 g/mol. The highest BCUT2D eigenvalue weighted by Gasteiger charge is 2.29. The Kier molecular flexibility index (Phi) is 5.08. The SMILES string of the molecule is Cc1ccc([C@H](C)NC(=O)CCS(=O)(=O)C2CCCC2)o1. The largest absolute Gasteiger partial charge is 0.464 e. The van der Waals surface area contributed by atoms with Crippen molar-refractivity contribution in [2.75, 3.05) is 5.75 Å². The van der Waals surface area contributed by atoms with Crippen LogP contribution in [0.4, 0.5) is 0 Å². The summed E-state index contributed by atoms with van der Waals surface area (Å²) in [4.78, 5) is 11.9. The summed E-state index contributed by atoms with van der Waals surface area (Å²) in [5.41, 5.74) is 0. The van der Waals surface area contributed by atoms with E-state index in [0.717, 1.165) is 31.4 Å². The van der Waals surface area contributed by atoms with E-state index in [1.54, 1.807) is 0 Å². The molecule has 1 aromatic heterocycles. The van der Waals surface area contributed by atoms with Crippen LogP contribution in [0.25, 0.3) is 0 Å². The third kappa shape index (κ3) is 4.33. The molecule has 2 rings (SSSR count). The Morgan fingerprint density at radius 1 is 1.38 bits per heavy atom. The summed E-state index contributed by atoms with van der Waals surface area (Å²) in [7, 11) is -3.14. The molecule has 1 amide bonds. The molecule has 1 aromatic rings. The lowest BCUT2D eigenvalue weighted by Gasteiger charge is -2.13. The summed E-state index contributed by atoms with van der Waals surface area (Å²) < 4.78 is 29.6.